The molecule has 1 N–H and O–H groups in total. The minimum atomic E-state index is -0.730. The lowest BCUT2D eigenvalue weighted by Gasteiger charge is -2.32. The van der Waals surface area contributed by atoms with Crippen molar-refractivity contribution in [3.63, 3.8) is 0 Å². The highest BCUT2D eigenvalue weighted by Gasteiger charge is 2.30. The van der Waals surface area contributed by atoms with Gasteiger partial charge in [-0.25, -0.2) is 4.39 Å². The first-order chi connectivity index (χ1) is 15.8. The fraction of sp³-hybridized carbons (Fsp3) is 0.259. The van der Waals surface area contributed by atoms with Gasteiger partial charge in [-0.1, -0.05) is 66.2 Å². The van der Waals surface area contributed by atoms with E-state index in [9.17, 15) is 14.0 Å². The molecule has 0 aliphatic carbocycles. The normalized spacial score (nSPS) is 11.8. The Morgan fingerprint density at radius 2 is 1.58 bits per heavy atom. The maximum absolute atomic E-state index is 13.5. The molecule has 1 atom stereocenters. The number of halogens is 2. The molecule has 3 rings (SSSR count). The summed E-state index contributed by atoms with van der Waals surface area (Å²) in [7, 11) is 0. The molecule has 3 aromatic carbocycles. The zero-order valence-electron chi connectivity index (χ0n) is 18.8. The van der Waals surface area contributed by atoms with E-state index in [1.807, 2.05) is 50.2 Å². The highest BCUT2D eigenvalue weighted by atomic mass is 35.5. The molecule has 0 spiro atoms. The molecule has 0 heterocycles. The van der Waals surface area contributed by atoms with Crippen molar-refractivity contribution in [2.75, 3.05) is 0 Å². The van der Waals surface area contributed by atoms with Gasteiger partial charge in [-0.15, -0.1) is 0 Å². The van der Waals surface area contributed by atoms with Gasteiger partial charge in [0, 0.05) is 24.0 Å². The fourth-order valence-electron chi connectivity index (χ4n) is 3.64. The minimum absolute atomic E-state index is 0.0773. The van der Waals surface area contributed by atoms with E-state index in [-0.39, 0.29) is 36.6 Å². The molecular formula is C27H28ClFN2O2. The molecule has 3 aromatic rings. The van der Waals surface area contributed by atoms with Crippen LogP contribution in [-0.2, 0) is 29.0 Å². The van der Waals surface area contributed by atoms with Crippen molar-refractivity contribution in [2.24, 2.45) is 0 Å². The monoisotopic (exact) mass is 466 g/mol. The predicted molar refractivity (Wildman–Crippen MR) is 129 cm³/mol. The topological polar surface area (TPSA) is 49.4 Å². The number of amides is 2. The van der Waals surface area contributed by atoms with Gasteiger partial charge in [-0.05, 0) is 54.8 Å². The average molecular weight is 467 g/mol. The maximum Gasteiger partial charge on any atom is 0.243 e. The van der Waals surface area contributed by atoms with Crippen LogP contribution in [0.15, 0.2) is 78.9 Å². The van der Waals surface area contributed by atoms with Crippen LogP contribution in [0.5, 0.6) is 0 Å². The van der Waals surface area contributed by atoms with Gasteiger partial charge in [0.15, 0.2) is 0 Å². The second kappa shape index (κ2) is 11.6. The van der Waals surface area contributed by atoms with E-state index in [0.29, 0.717) is 11.4 Å². The first-order valence-corrected chi connectivity index (χ1v) is 11.3. The summed E-state index contributed by atoms with van der Waals surface area (Å²) in [6.07, 6.45) is 0.462. The molecule has 0 aliphatic heterocycles. The third-order valence-electron chi connectivity index (χ3n) is 5.21. The van der Waals surface area contributed by atoms with Crippen molar-refractivity contribution in [1.29, 1.82) is 0 Å². The number of hydrogen-bond donors (Lipinski definition) is 1. The Morgan fingerprint density at radius 3 is 2.21 bits per heavy atom. The number of carbonyl (C=O) groups excluding carboxylic acids is 2. The van der Waals surface area contributed by atoms with E-state index in [1.54, 1.807) is 35.2 Å². The average Bonchev–Trinajstić information content (AvgIpc) is 2.77. The SMILES string of the molecule is CC(C)NC(=O)[C@H](Cc1ccccc1)N(Cc1ccc(F)cc1)C(=O)Cc1cccc(Cl)c1. The molecule has 0 unspecified atom stereocenters. The summed E-state index contributed by atoms with van der Waals surface area (Å²) in [5.74, 6) is -0.786. The minimum Gasteiger partial charge on any atom is -0.352 e. The zero-order chi connectivity index (χ0) is 23.8. The van der Waals surface area contributed by atoms with E-state index < -0.39 is 6.04 Å². The van der Waals surface area contributed by atoms with Crippen LogP contribution in [0, 0.1) is 5.82 Å². The molecule has 2 amide bonds. The number of hydrogen-bond acceptors (Lipinski definition) is 2. The van der Waals surface area contributed by atoms with Gasteiger partial charge in [0.2, 0.25) is 11.8 Å². The second-order valence-corrected chi connectivity index (χ2v) is 8.76. The van der Waals surface area contributed by atoms with Gasteiger partial charge in [0.05, 0.1) is 6.42 Å². The molecule has 0 saturated heterocycles. The van der Waals surface area contributed by atoms with Gasteiger partial charge in [-0.2, -0.15) is 0 Å². The molecule has 6 heteroatoms. The van der Waals surface area contributed by atoms with E-state index in [0.717, 1.165) is 16.7 Å². The summed E-state index contributed by atoms with van der Waals surface area (Å²) in [6, 6.07) is 21.9. The highest BCUT2D eigenvalue weighted by molar-refractivity contribution is 6.30. The number of nitrogens with zero attached hydrogens (tertiary/aromatic N) is 1. The largest absolute Gasteiger partial charge is 0.352 e. The number of benzene rings is 3. The third kappa shape index (κ3) is 7.43. The Kier molecular flexibility index (Phi) is 8.61. The van der Waals surface area contributed by atoms with E-state index in [4.69, 9.17) is 11.6 Å². The summed E-state index contributed by atoms with van der Waals surface area (Å²) in [6.45, 7) is 3.95. The molecule has 0 aliphatic rings. The van der Waals surface area contributed by atoms with Crippen LogP contribution in [-0.4, -0.2) is 28.8 Å². The van der Waals surface area contributed by atoms with Crippen LogP contribution in [0.25, 0.3) is 0 Å². The fourth-order valence-corrected chi connectivity index (χ4v) is 3.86. The second-order valence-electron chi connectivity index (χ2n) is 8.32. The highest BCUT2D eigenvalue weighted by Crippen LogP contribution is 2.18. The smallest absolute Gasteiger partial charge is 0.243 e. The standard InChI is InChI=1S/C27H28ClFN2O2/c1-19(2)30-27(33)25(16-20-7-4-3-5-8-20)31(18-21-11-13-24(29)14-12-21)26(32)17-22-9-6-10-23(28)15-22/h3-15,19,25H,16-18H2,1-2H3,(H,30,33)/t25-/m0/s1. The van der Waals surface area contributed by atoms with Gasteiger partial charge in [-0.3, -0.25) is 9.59 Å². The summed E-state index contributed by atoms with van der Waals surface area (Å²) in [5.41, 5.74) is 2.45. The van der Waals surface area contributed by atoms with E-state index in [2.05, 4.69) is 5.32 Å². The van der Waals surface area contributed by atoms with Crippen molar-refractivity contribution < 1.29 is 14.0 Å². The van der Waals surface area contributed by atoms with Gasteiger partial charge >= 0.3 is 0 Å². The molecule has 172 valence electrons. The molecule has 0 aromatic heterocycles. The lowest BCUT2D eigenvalue weighted by Crippen LogP contribution is -2.52. The molecule has 0 radical (unpaired) electrons. The lowest BCUT2D eigenvalue weighted by molar-refractivity contribution is -0.141. The van der Waals surface area contributed by atoms with Gasteiger partial charge in [0.1, 0.15) is 11.9 Å². The summed E-state index contributed by atoms with van der Waals surface area (Å²) in [4.78, 5) is 28.4. The molecule has 0 fully saturated rings. The van der Waals surface area contributed by atoms with Crippen molar-refractivity contribution in [1.82, 2.24) is 10.2 Å². The Balaban J connectivity index is 1.96. The Bertz CT molecular complexity index is 1070. The third-order valence-corrected chi connectivity index (χ3v) is 5.45. The number of carbonyl (C=O) groups is 2. The van der Waals surface area contributed by atoms with Crippen molar-refractivity contribution in [2.45, 2.75) is 45.3 Å². The van der Waals surface area contributed by atoms with Crippen molar-refractivity contribution in [3.8, 4) is 0 Å². The predicted octanol–water partition coefficient (Wildman–Crippen LogP) is 5.19. The molecule has 33 heavy (non-hydrogen) atoms. The first kappa shape index (κ1) is 24.5. The van der Waals surface area contributed by atoms with Crippen LogP contribution < -0.4 is 5.32 Å². The van der Waals surface area contributed by atoms with E-state index >= 15 is 0 Å². The molecular weight excluding hydrogens is 439 g/mol. The van der Waals surface area contributed by atoms with Crippen LogP contribution >= 0.6 is 11.6 Å². The van der Waals surface area contributed by atoms with Crippen molar-refractivity contribution in [3.05, 3.63) is 106 Å². The summed E-state index contributed by atoms with van der Waals surface area (Å²) < 4.78 is 13.5. The van der Waals surface area contributed by atoms with Crippen LogP contribution in [0.1, 0.15) is 30.5 Å². The first-order valence-electron chi connectivity index (χ1n) is 10.9. The summed E-state index contributed by atoms with van der Waals surface area (Å²) in [5, 5.41) is 3.50. The van der Waals surface area contributed by atoms with Crippen LogP contribution in [0.4, 0.5) is 4.39 Å². The van der Waals surface area contributed by atoms with E-state index in [1.165, 1.54) is 12.1 Å². The summed E-state index contributed by atoms with van der Waals surface area (Å²) >= 11 is 6.11. The van der Waals surface area contributed by atoms with Crippen molar-refractivity contribution >= 4 is 23.4 Å². The maximum atomic E-state index is 13.5. The molecule has 0 saturated carbocycles. The Labute approximate surface area is 199 Å². The number of nitrogens with one attached hydrogen (secondary N) is 1. The van der Waals surface area contributed by atoms with Crippen LogP contribution in [0.3, 0.4) is 0 Å². The Morgan fingerprint density at radius 1 is 0.909 bits per heavy atom. The number of rotatable bonds is 9. The molecule has 0 bridgehead atoms. The lowest BCUT2D eigenvalue weighted by atomic mass is 10.0. The van der Waals surface area contributed by atoms with Crippen LogP contribution in [0.2, 0.25) is 5.02 Å². The van der Waals surface area contributed by atoms with Gasteiger partial charge < -0.3 is 10.2 Å². The van der Waals surface area contributed by atoms with Gasteiger partial charge in [0.25, 0.3) is 0 Å². The zero-order valence-corrected chi connectivity index (χ0v) is 19.6. The Hall–Kier alpha value is -3.18. The quantitative estimate of drug-likeness (QED) is 0.472. The molecule has 4 nitrogen and oxygen atoms in total.